The molecular weight excluding hydrogens is 300 g/mol. The van der Waals surface area contributed by atoms with E-state index >= 15 is 0 Å². The molecule has 1 aliphatic rings. The molecule has 1 aromatic carbocycles. The molecule has 1 saturated heterocycles. The van der Waals surface area contributed by atoms with Crippen molar-refractivity contribution in [3.05, 3.63) is 42.2 Å². The monoisotopic (exact) mass is 318 g/mol. The number of nitrogens with zero attached hydrogens (tertiary/aromatic N) is 2. The summed E-state index contributed by atoms with van der Waals surface area (Å²) >= 11 is 1.49. The zero-order valence-electron chi connectivity index (χ0n) is 12.6. The molecule has 0 radical (unpaired) electrons. The number of hydrogen-bond acceptors (Lipinski definition) is 5. The van der Waals surface area contributed by atoms with Crippen molar-refractivity contribution >= 4 is 17.7 Å². The first-order valence-corrected chi connectivity index (χ1v) is 8.27. The minimum absolute atomic E-state index is 0.0599. The Balaban J connectivity index is 1.84. The minimum Gasteiger partial charge on any atom is -0.460 e. The summed E-state index contributed by atoms with van der Waals surface area (Å²) in [4.78, 5) is 16.7. The fraction of sp³-hybridized carbons (Fsp3) is 0.375. The SMILES string of the molecule is CSc1ncc(C(=O)OCC2(C)COC2)n1-c1ccccc1. The minimum atomic E-state index is -0.357. The number of aromatic nitrogens is 2. The summed E-state index contributed by atoms with van der Waals surface area (Å²) < 4.78 is 12.5. The maximum atomic E-state index is 12.4. The number of ether oxygens (including phenoxy) is 2. The Morgan fingerprint density at radius 2 is 2.14 bits per heavy atom. The molecule has 116 valence electrons. The van der Waals surface area contributed by atoms with E-state index in [0.717, 1.165) is 10.8 Å². The van der Waals surface area contributed by atoms with Gasteiger partial charge in [0, 0.05) is 11.1 Å². The Morgan fingerprint density at radius 1 is 1.41 bits per heavy atom. The second-order valence-corrected chi connectivity index (χ2v) is 6.45. The summed E-state index contributed by atoms with van der Waals surface area (Å²) in [5.74, 6) is -0.357. The number of thioether (sulfide) groups is 1. The first-order chi connectivity index (χ1) is 10.6. The molecule has 2 heterocycles. The van der Waals surface area contributed by atoms with Gasteiger partial charge in [0.2, 0.25) is 0 Å². The van der Waals surface area contributed by atoms with Gasteiger partial charge >= 0.3 is 5.97 Å². The van der Waals surface area contributed by atoms with E-state index in [4.69, 9.17) is 9.47 Å². The number of carbonyl (C=O) groups excluding carboxylic acids is 1. The Hall–Kier alpha value is -1.79. The lowest BCUT2D eigenvalue weighted by Gasteiger charge is -2.37. The van der Waals surface area contributed by atoms with Crippen LogP contribution in [0, 0.1) is 5.41 Å². The molecule has 5 nitrogen and oxygen atoms in total. The number of benzene rings is 1. The van der Waals surface area contributed by atoms with E-state index in [2.05, 4.69) is 4.98 Å². The van der Waals surface area contributed by atoms with Crippen LogP contribution in [0.2, 0.25) is 0 Å². The highest BCUT2D eigenvalue weighted by molar-refractivity contribution is 7.98. The maximum Gasteiger partial charge on any atom is 0.357 e. The summed E-state index contributed by atoms with van der Waals surface area (Å²) in [6, 6.07) is 9.69. The lowest BCUT2D eigenvalue weighted by molar-refractivity contribution is -0.127. The highest BCUT2D eigenvalue weighted by atomic mass is 32.2. The van der Waals surface area contributed by atoms with Crippen molar-refractivity contribution in [3.63, 3.8) is 0 Å². The first kappa shape index (κ1) is 15.1. The van der Waals surface area contributed by atoms with Crippen LogP contribution in [0.4, 0.5) is 0 Å². The van der Waals surface area contributed by atoms with Crippen LogP contribution < -0.4 is 0 Å². The zero-order valence-corrected chi connectivity index (χ0v) is 13.4. The molecule has 1 aromatic heterocycles. The Bertz CT molecular complexity index is 665. The summed E-state index contributed by atoms with van der Waals surface area (Å²) in [5.41, 5.74) is 1.28. The fourth-order valence-electron chi connectivity index (χ4n) is 2.30. The van der Waals surface area contributed by atoms with Gasteiger partial charge in [-0.15, -0.1) is 0 Å². The number of imidazole rings is 1. The molecule has 1 aliphatic heterocycles. The molecule has 0 atom stereocenters. The number of esters is 1. The molecule has 3 rings (SSSR count). The molecule has 0 amide bonds. The third-order valence-corrected chi connectivity index (χ3v) is 4.24. The quantitative estimate of drug-likeness (QED) is 0.627. The van der Waals surface area contributed by atoms with Crippen LogP contribution in [0.5, 0.6) is 0 Å². The second kappa shape index (κ2) is 6.14. The summed E-state index contributed by atoms with van der Waals surface area (Å²) in [6.07, 6.45) is 3.50. The molecule has 0 aliphatic carbocycles. The predicted octanol–water partition coefficient (Wildman–Crippen LogP) is 2.79. The summed E-state index contributed by atoms with van der Waals surface area (Å²) in [7, 11) is 0. The molecular formula is C16H18N2O3S. The largest absolute Gasteiger partial charge is 0.460 e. The van der Waals surface area contributed by atoms with E-state index in [-0.39, 0.29) is 11.4 Å². The van der Waals surface area contributed by atoms with Gasteiger partial charge in [0.05, 0.1) is 19.4 Å². The molecule has 1 fully saturated rings. The highest BCUT2D eigenvalue weighted by Gasteiger charge is 2.35. The van der Waals surface area contributed by atoms with E-state index in [1.807, 2.05) is 48.1 Å². The van der Waals surface area contributed by atoms with Crippen LogP contribution in [0.15, 0.2) is 41.7 Å². The molecule has 2 aromatic rings. The van der Waals surface area contributed by atoms with Gasteiger partial charge in [0.1, 0.15) is 6.61 Å². The lowest BCUT2D eigenvalue weighted by Crippen LogP contribution is -2.44. The Kier molecular flexibility index (Phi) is 4.22. The first-order valence-electron chi connectivity index (χ1n) is 7.05. The molecule has 0 unspecified atom stereocenters. The van der Waals surface area contributed by atoms with Gasteiger partial charge < -0.3 is 9.47 Å². The third kappa shape index (κ3) is 2.89. The molecule has 6 heteroatoms. The van der Waals surface area contributed by atoms with E-state index < -0.39 is 0 Å². The predicted molar refractivity (Wildman–Crippen MR) is 84.6 cm³/mol. The van der Waals surface area contributed by atoms with Gasteiger partial charge in [-0.3, -0.25) is 4.57 Å². The van der Waals surface area contributed by atoms with E-state index in [1.165, 1.54) is 11.8 Å². The fourth-order valence-corrected chi connectivity index (χ4v) is 2.84. The average Bonchev–Trinajstić information content (AvgIpc) is 2.95. The van der Waals surface area contributed by atoms with Crippen LogP contribution >= 0.6 is 11.8 Å². The van der Waals surface area contributed by atoms with Gasteiger partial charge in [-0.1, -0.05) is 36.9 Å². The van der Waals surface area contributed by atoms with E-state index in [9.17, 15) is 4.79 Å². The van der Waals surface area contributed by atoms with E-state index in [0.29, 0.717) is 25.5 Å². The van der Waals surface area contributed by atoms with Crippen molar-refractivity contribution in [2.75, 3.05) is 26.1 Å². The number of carbonyl (C=O) groups is 1. The summed E-state index contributed by atoms with van der Waals surface area (Å²) in [5, 5.41) is 0.760. The number of hydrogen-bond donors (Lipinski definition) is 0. The van der Waals surface area contributed by atoms with Crippen LogP contribution in [0.1, 0.15) is 17.4 Å². The zero-order chi connectivity index (χ0) is 15.6. The third-order valence-electron chi connectivity index (χ3n) is 3.59. The van der Waals surface area contributed by atoms with Gasteiger partial charge in [-0.25, -0.2) is 9.78 Å². The smallest absolute Gasteiger partial charge is 0.357 e. The molecule has 0 N–H and O–H groups in total. The maximum absolute atomic E-state index is 12.4. The normalized spacial score (nSPS) is 16.1. The number of rotatable bonds is 5. The highest BCUT2D eigenvalue weighted by Crippen LogP contribution is 2.27. The van der Waals surface area contributed by atoms with Crippen molar-refractivity contribution in [1.82, 2.24) is 9.55 Å². The molecule has 0 spiro atoms. The van der Waals surface area contributed by atoms with E-state index in [1.54, 1.807) is 6.20 Å². The lowest BCUT2D eigenvalue weighted by atomic mass is 9.90. The number of para-hydroxylation sites is 1. The van der Waals surface area contributed by atoms with Crippen molar-refractivity contribution in [3.8, 4) is 5.69 Å². The van der Waals surface area contributed by atoms with Crippen LogP contribution in [-0.2, 0) is 9.47 Å². The molecule has 0 bridgehead atoms. The Morgan fingerprint density at radius 3 is 2.73 bits per heavy atom. The molecule has 22 heavy (non-hydrogen) atoms. The molecule has 0 saturated carbocycles. The standard InChI is InChI=1S/C16H18N2O3S/c1-16(9-20-10-16)11-21-14(19)13-8-17-15(22-2)18(13)12-6-4-3-5-7-12/h3-8H,9-11H2,1-2H3. The van der Waals surface area contributed by atoms with Crippen LogP contribution in [0.25, 0.3) is 5.69 Å². The van der Waals surface area contributed by atoms with Crippen molar-refractivity contribution in [2.24, 2.45) is 5.41 Å². The van der Waals surface area contributed by atoms with Crippen molar-refractivity contribution in [2.45, 2.75) is 12.1 Å². The van der Waals surface area contributed by atoms with Gasteiger partial charge in [-0.05, 0) is 18.4 Å². The van der Waals surface area contributed by atoms with Gasteiger partial charge in [0.15, 0.2) is 10.9 Å². The van der Waals surface area contributed by atoms with Crippen LogP contribution in [0.3, 0.4) is 0 Å². The van der Waals surface area contributed by atoms with Gasteiger partial charge in [-0.2, -0.15) is 0 Å². The van der Waals surface area contributed by atoms with Crippen LogP contribution in [-0.4, -0.2) is 41.6 Å². The second-order valence-electron chi connectivity index (χ2n) is 5.68. The van der Waals surface area contributed by atoms with Gasteiger partial charge in [0.25, 0.3) is 0 Å². The Labute approximate surface area is 133 Å². The summed E-state index contributed by atoms with van der Waals surface area (Å²) in [6.45, 7) is 3.68. The topological polar surface area (TPSA) is 53.4 Å². The average molecular weight is 318 g/mol. The van der Waals surface area contributed by atoms with Crippen molar-refractivity contribution < 1.29 is 14.3 Å². The van der Waals surface area contributed by atoms with Crippen molar-refractivity contribution in [1.29, 1.82) is 0 Å².